The van der Waals surface area contributed by atoms with Gasteiger partial charge in [-0.3, -0.25) is 0 Å². The zero-order valence-electron chi connectivity index (χ0n) is 9.99. The predicted octanol–water partition coefficient (Wildman–Crippen LogP) is 3.11. The van der Waals surface area contributed by atoms with Gasteiger partial charge in [0.2, 0.25) is 0 Å². The van der Waals surface area contributed by atoms with E-state index in [1.54, 1.807) is 7.11 Å². The van der Waals surface area contributed by atoms with Gasteiger partial charge in [-0.2, -0.15) is 5.26 Å². The van der Waals surface area contributed by atoms with E-state index in [1.807, 2.05) is 32.0 Å². The molecule has 1 atom stereocenters. The van der Waals surface area contributed by atoms with Crippen molar-refractivity contribution >= 4 is 0 Å². The lowest BCUT2D eigenvalue weighted by Crippen LogP contribution is -1.98. The first-order valence-electron chi connectivity index (χ1n) is 5.40. The second-order valence-corrected chi connectivity index (χ2v) is 3.61. The summed E-state index contributed by atoms with van der Waals surface area (Å²) in [5.74, 6) is 1.69. The number of nitriles is 1. The predicted molar refractivity (Wildman–Crippen MR) is 62.8 cm³/mol. The zero-order chi connectivity index (χ0) is 12.0. The molecule has 0 aliphatic carbocycles. The van der Waals surface area contributed by atoms with Crippen LogP contribution >= 0.6 is 0 Å². The van der Waals surface area contributed by atoms with E-state index < -0.39 is 0 Å². The monoisotopic (exact) mass is 219 g/mol. The molecule has 16 heavy (non-hydrogen) atoms. The Balaban J connectivity index is 2.97. The summed E-state index contributed by atoms with van der Waals surface area (Å²) in [6.07, 6.45) is 0.512. The Bertz CT molecular complexity index is 382. The quantitative estimate of drug-likeness (QED) is 0.764. The van der Waals surface area contributed by atoms with Gasteiger partial charge in [0.1, 0.15) is 0 Å². The molecule has 3 nitrogen and oxygen atoms in total. The molecule has 0 N–H and O–H groups in total. The first kappa shape index (κ1) is 12.4. The summed E-state index contributed by atoms with van der Waals surface area (Å²) in [6.45, 7) is 4.57. The van der Waals surface area contributed by atoms with Crippen molar-refractivity contribution in [2.45, 2.75) is 26.2 Å². The number of ether oxygens (including phenoxy) is 2. The minimum absolute atomic E-state index is 0.218. The van der Waals surface area contributed by atoms with Crippen LogP contribution in [0.3, 0.4) is 0 Å². The highest BCUT2D eigenvalue weighted by Gasteiger charge is 2.10. The van der Waals surface area contributed by atoms with Gasteiger partial charge in [-0.1, -0.05) is 13.0 Å². The fourth-order valence-corrected chi connectivity index (χ4v) is 1.52. The molecule has 86 valence electrons. The molecule has 0 heterocycles. The molecule has 1 unspecified atom stereocenters. The number of benzene rings is 1. The molecule has 0 amide bonds. The summed E-state index contributed by atoms with van der Waals surface area (Å²) in [5, 5.41) is 8.67. The smallest absolute Gasteiger partial charge is 0.161 e. The van der Waals surface area contributed by atoms with Gasteiger partial charge in [0.05, 0.1) is 19.8 Å². The van der Waals surface area contributed by atoms with E-state index in [9.17, 15) is 0 Å². The second-order valence-electron chi connectivity index (χ2n) is 3.61. The third-order valence-corrected chi connectivity index (χ3v) is 2.45. The average Bonchev–Trinajstić information content (AvgIpc) is 2.29. The summed E-state index contributed by atoms with van der Waals surface area (Å²) < 4.78 is 10.7. The van der Waals surface area contributed by atoms with Gasteiger partial charge < -0.3 is 9.47 Å². The van der Waals surface area contributed by atoms with Crippen molar-refractivity contribution in [1.29, 1.82) is 5.26 Å². The molecule has 0 aromatic heterocycles. The third kappa shape index (κ3) is 2.90. The highest BCUT2D eigenvalue weighted by atomic mass is 16.5. The van der Waals surface area contributed by atoms with E-state index in [4.69, 9.17) is 14.7 Å². The highest BCUT2D eigenvalue weighted by molar-refractivity contribution is 5.44. The SMILES string of the molecule is CCOc1cc(C(C)CC#N)ccc1OC. The Labute approximate surface area is 96.6 Å². The van der Waals surface area contributed by atoms with Crippen LogP contribution < -0.4 is 9.47 Å². The molecule has 0 radical (unpaired) electrons. The van der Waals surface area contributed by atoms with Crippen LogP contribution in [0, 0.1) is 11.3 Å². The van der Waals surface area contributed by atoms with Crippen LogP contribution in [0.5, 0.6) is 11.5 Å². The van der Waals surface area contributed by atoms with E-state index in [0.717, 1.165) is 17.1 Å². The molecule has 0 aliphatic heterocycles. The van der Waals surface area contributed by atoms with Gasteiger partial charge in [-0.15, -0.1) is 0 Å². The number of hydrogen-bond acceptors (Lipinski definition) is 3. The average molecular weight is 219 g/mol. The molecule has 3 heteroatoms. The number of hydrogen-bond donors (Lipinski definition) is 0. The Morgan fingerprint density at radius 1 is 1.38 bits per heavy atom. The molecule has 0 bridgehead atoms. The lowest BCUT2D eigenvalue weighted by molar-refractivity contribution is 0.310. The number of rotatable bonds is 5. The minimum Gasteiger partial charge on any atom is -0.493 e. The van der Waals surface area contributed by atoms with E-state index in [-0.39, 0.29) is 5.92 Å². The summed E-state index contributed by atoms with van der Waals surface area (Å²) >= 11 is 0. The molecule has 1 aromatic carbocycles. The fraction of sp³-hybridized carbons (Fsp3) is 0.462. The van der Waals surface area contributed by atoms with E-state index in [1.165, 1.54) is 0 Å². The van der Waals surface area contributed by atoms with Crippen molar-refractivity contribution < 1.29 is 9.47 Å². The van der Waals surface area contributed by atoms with Crippen LogP contribution in [0.2, 0.25) is 0 Å². The highest BCUT2D eigenvalue weighted by Crippen LogP contribution is 2.31. The topological polar surface area (TPSA) is 42.2 Å². The molecular formula is C13H17NO2. The van der Waals surface area contributed by atoms with E-state index in [2.05, 4.69) is 6.07 Å². The molecule has 1 rings (SSSR count). The van der Waals surface area contributed by atoms with Crippen molar-refractivity contribution in [3.8, 4) is 17.6 Å². The normalized spacial score (nSPS) is 11.6. The fourth-order valence-electron chi connectivity index (χ4n) is 1.52. The third-order valence-electron chi connectivity index (χ3n) is 2.45. The largest absolute Gasteiger partial charge is 0.493 e. The minimum atomic E-state index is 0.218. The molecular weight excluding hydrogens is 202 g/mol. The maximum absolute atomic E-state index is 8.67. The molecule has 1 aromatic rings. The van der Waals surface area contributed by atoms with Gasteiger partial charge in [0, 0.05) is 6.42 Å². The lowest BCUT2D eigenvalue weighted by atomic mass is 9.98. The second kappa shape index (κ2) is 6.02. The van der Waals surface area contributed by atoms with Crippen molar-refractivity contribution in [1.82, 2.24) is 0 Å². The zero-order valence-corrected chi connectivity index (χ0v) is 9.99. The van der Waals surface area contributed by atoms with Crippen LogP contribution in [0.4, 0.5) is 0 Å². The van der Waals surface area contributed by atoms with Crippen LogP contribution in [0.1, 0.15) is 31.7 Å². The van der Waals surface area contributed by atoms with Crippen LogP contribution in [0.25, 0.3) is 0 Å². The van der Waals surface area contributed by atoms with Gasteiger partial charge in [-0.05, 0) is 30.5 Å². The summed E-state index contributed by atoms with van der Waals surface area (Å²) in [5.41, 5.74) is 1.10. The van der Waals surface area contributed by atoms with Crippen LogP contribution in [-0.4, -0.2) is 13.7 Å². The first-order valence-corrected chi connectivity index (χ1v) is 5.40. The van der Waals surface area contributed by atoms with Crippen LogP contribution in [-0.2, 0) is 0 Å². The molecule has 0 saturated heterocycles. The molecule has 0 saturated carbocycles. The van der Waals surface area contributed by atoms with Crippen molar-refractivity contribution in [3.63, 3.8) is 0 Å². The summed E-state index contributed by atoms with van der Waals surface area (Å²) in [6, 6.07) is 7.98. The standard InChI is InChI=1S/C13H17NO2/c1-4-16-13-9-11(10(2)7-8-14)5-6-12(13)15-3/h5-6,9-10H,4,7H2,1-3H3. The van der Waals surface area contributed by atoms with Crippen molar-refractivity contribution in [2.75, 3.05) is 13.7 Å². The first-order chi connectivity index (χ1) is 7.72. The maximum Gasteiger partial charge on any atom is 0.161 e. The lowest BCUT2D eigenvalue weighted by Gasteiger charge is -2.13. The van der Waals surface area contributed by atoms with Gasteiger partial charge in [0.25, 0.3) is 0 Å². The Morgan fingerprint density at radius 2 is 2.12 bits per heavy atom. The summed E-state index contributed by atoms with van der Waals surface area (Å²) in [4.78, 5) is 0. The number of nitrogens with zero attached hydrogens (tertiary/aromatic N) is 1. The van der Waals surface area contributed by atoms with E-state index in [0.29, 0.717) is 13.0 Å². The molecule has 0 aliphatic rings. The van der Waals surface area contributed by atoms with E-state index >= 15 is 0 Å². The van der Waals surface area contributed by atoms with Gasteiger partial charge in [-0.25, -0.2) is 0 Å². The summed E-state index contributed by atoms with van der Waals surface area (Å²) in [7, 11) is 1.62. The van der Waals surface area contributed by atoms with Crippen molar-refractivity contribution in [2.24, 2.45) is 0 Å². The van der Waals surface area contributed by atoms with Gasteiger partial charge in [0.15, 0.2) is 11.5 Å². The molecule has 0 spiro atoms. The Kier molecular flexibility index (Phi) is 4.65. The Morgan fingerprint density at radius 3 is 2.69 bits per heavy atom. The Hall–Kier alpha value is -1.69. The van der Waals surface area contributed by atoms with Crippen molar-refractivity contribution in [3.05, 3.63) is 23.8 Å². The number of methoxy groups -OCH3 is 1. The van der Waals surface area contributed by atoms with Gasteiger partial charge >= 0.3 is 0 Å². The van der Waals surface area contributed by atoms with Crippen LogP contribution in [0.15, 0.2) is 18.2 Å². The molecule has 0 fully saturated rings. The maximum atomic E-state index is 8.67.